The molecule has 0 radical (unpaired) electrons. The summed E-state index contributed by atoms with van der Waals surface area (Å²) >= 11 is 0. The van der Waals surface area contributed by atoms with E-state index in [1.165, 1.54) is 0 Å². The molecule has 0 aromatic heterocycles. The Bertz CT molecular complexity index is 461. The first kappa shape index (κ1) is 17.2. The molecule has 0 aliphatic carbocycles. The number of carbonyl (C=O) groups excluding carboxylic acids is 1. The second kappa shape index (κ2) is 9.15. The van der Waals surface area contributed by atoms with Gasteiger partial charge in [-0.25, -0.2) is 0 Å². The zero-order valence-electron chi connectivity index (χ0n) is 12.6. The van der Waals surface area contributed by atoms with Crippen LogP contribution in [0.1, 0.15) is 24.2 Å². The van der Waals surface area contributed by atoms with Gasteiger partial charge in [0.05, 0.1) is 11.7 Å². The Morgan fingerprint density at radius 1 is 1.38 bits per heavy atom. The SMILES string of the molecule is C=CCOc1ccccc1C(=O)NCC(O)CNC(C)C. The van der Waals surface area contributed by atoms with Crippen LogP contribution in [0.15, 0.2) is 36.9 Å². The van der Waals surface area contributed by atoms with Gasteiger partial charge in [0.15, 0.2) is 0 Å². The number of carbonyl (C=O) groups is 1. The summed E-state index contributed by atoms with van der Waals surface area (Å²) < 4.78 is 5.44. The Morgan fingerprint density at radius 3 is 2.76 bits per heavy atom. The lowest BCUT2D eigenvalue weighted by molar-refractivity contribution is 0.0911. The minimum absolute atomic E-state index is 0.189. The molecule has 5 heteroatoms. The molecule has 21 heavy (non-hydrogen) atoms. The van der Waals surface area contributed by atoms with E-state index in [0.29, 0.717) is 30.5 Å². The summed E-state index contributed by atoms with van der Waals surface area (Å²) in [6.07, 6.45) is 0.994. The van der Waals surface area contributed by atoms with Crippen molar-refractivity contribution < 1.29 is 14.6 Å². The second-order valence-electron chi connectivity index (χ2n) is 5.02. The predicted molar refractivity (Wildman–Crippen MR) is 83.6 cm³/mol. The molecule has 0 aliphatic rings. The molecule has 1 aromatic rings. The lowest BCUT2D eigenvalue weighted by Gasteiger charge is -2.15. The molecule has 0 spiro atoms. The van der Waals surface area contributed by atoms with Gasteiger partial charge in [-0.1, -0.05) is 38.6 Å². The highest BCUT2D eigenvalue weighted by Gasteiger charge is 2.13. The largest absolute Gasteiger partial charge is 0.489 e. The summed E-state index contributed by atoms with van der Waals surface area (Å²) in [5.41, 5.74) is 0.448. The van der Waals surface area contributed by atoms with Crippen LogP contribution in [0.2, 0.25) is 0 Å². The summed E-state index contributed by atoms with van der Waals surface area (Å²) in [4.78, 5) is 12.1. The molecule has 116 valence electrons. The maximum Gasteiger partial charge on any atom is 0.255 e. The van der Waals surface area contributed by atoms with E-state index in [-0.39, 0.29) is 12.5 Å². The van der Waals surface area contributed by atoms with Crippen LogP contribution in [0, 0.1) is 0 Å². The van der Waals surface area contributed by atoms with Crippen LogP contribution >= 0.6 is 0 Å². The van der Waals surface area contributed by atoms with Crippen molar-refractivity contribution in [3.05, 3.63) is 42.5 Å². The summed E-state index contributed by atoms with van der Waals surface area (Å²) in [6.45, 7) is 8.54. The number of para-hydroxylation sites is 1. The number of nitrogens with one attached hydrogen (secondary N) is 2. The molecule has 5 nitrogen and oxygen atoms in total. The zero-order valence-corrected chi connectivity index (χ0v) is 12.6. The van der Waals surface area contributed by atoms with Crippen LogP contribution in [0.5, 0.6) is 5.75 Å². The van der Waals surface area contributed by atoms with Gasteiger partial charge in [-0.3, -0.25) is 4.79 Å². The number of benzene rings is 1. The Hall–Kier alpha value is -1.85. The number of hydrogen-bond acceptors (Lipinski definition) is 4. The number of ether oxygens (including phenoxy) is 1. The number of hydrogen-bond donors (Lipinski definition) is 3. The maximum absolute atomic E-state index is 12.1. The van der Waals surface area contributed by atoms with Gasteiger partial charge in [0, 0.05) is 19.1 Å². The van der Waals surface area contributed by atoms with Crippen LogP contribution in [0.4, 0.5) is 0 Å². The van der Waals surface area contributed by atoms with Crippen LogP contribution < -0.4 is 15.4 Å². The number of aliphatic hydroxyl groups is 1. The molecule has 0 saturated carbocycles. The summed E-state index contributed by atoms with van der Waals surface area (Å²) in [5, 5.41) is 15.6. The molecule has 0 heterocycles. The first-order chi connectivity index (χ1) is 10.0. The minimum atomic E-state index is -0.627. The lowest BCUT2D eigenvalue weighted by atomic mass is 10.2. The summed E-state index contributed by atoms with van der Waals surface area (Å²) in [6, 6.07) is 7.29. The average molecular weight is 292 g/mol. The number of aliphatic hydroxyl groups excluding tert-OH is 1. The van der Waals surface area contributed by atoms with Crippen molar-refractivity contribution >= 4 is 5.91 Å². The van der Waals surface area contributed by atoms with Gasteiger partial charge in [0.2, 0.25) is 0 Å². The van der Waals surface area contributed by atoms with E-state index < -0.39 is 6.10 Å². The highest BCUT2D eigenvalue weighted by Crippen LogP contribution is 2.17. The second-order valence-corrected chi connectivity index (χ2v) is 5.02. The fraction of sp³-hybridized carbons (Fsp3) is 0.438. The first-order valence-corrected chi connectivity index (χ1v) is 7.07. The highest BCUT2D eigenvalue weighted by molar-refractivity contribution is 5.96. The molecule has 1 rings (SSSR count). The monoisotopic (exact) mass is 292 g/mol. The Morgan fingerprint density at radius 2 is 2.10 bits per heavy atom. The third-order valence-electron chi connectivity index (χ3n) is 2.75. The quantitative estimate of drug-likeness (QED) is 0.601. The molecule has 0 fully saturated rings. The molecule has 0 bridgehead atoms. The Kier molecular flexibility index (Phi) is 7.50. The topological polar surface area (TPSA) is 70.6 Å². The van der Waals surface area contributed by atoms with Crippen LogP contribution in [0.3, 0.4) is 0 Å². The van der Waals surface area contributed by atoms with E-state index in [1.54, 1.807) is 30.3 Å². The van der Waals surface area contributed by atoms with Gasteiger partial charge in [0.1, 0.15) is 12.4 Å². The average Bonchev–Trinajstić information content (AvgIpc) is 2.48. The van der Waals surface area contributed by atoms with E-state index in [9.17, 15) is 9.90 Å². The van der Waals surface area contributed by atoms with E-state index in [2.05, 4.69) is 17.2 Å². The molecular weight excluding hydrogens is 268 g/mol. The standard InChI is InChI=1S/C16H24N2O3/c1-4-9-21-15-8-6-5-7-14(15)16(20)18-11-13(19)10-17-12(2)3/h4-8,12-13,17,19H,1,9-11H2,2-3H3,(H,18,20). The lowest BCUT2D eigenvalue weighted by Crippen LogP contribution is -2.40. The van der Waals surface area contributed by atoms with Gasteiger partial charge in [-0.2, -0.15) is 0 Å². The van der Waals surface area contributed by atoms with Crippen molar-refractivity contribution in [1.82, 2.24) is 10.6 Å². The van der Waals surface area contributed by atoms with Crippen molar-refractivity contribution in [3.8, 4) is 5.75 Å². The van der Waals surface area contributed by atoms with Gasteiger partial charge in [0.25, 0.3) is 5.91 Å². The fourth-order valence-corrected chi connectivity index (χ4v) is 1.68. The molecule has 1 unspecified atom stereocenters. The third kappa shape index (κ3) is 6.42. The number of rotatable bonds is 9. The predicted octanol–water partition coefficient (Wildman–Crippen LogP) is 1.34. The van der Waals surface area contributed by atoms with Crippen molar-refractivity contribution in [2.24, 2.45) is 0 Å². The van der Waals surface area contributed by atoms with Crippen LogP contribution in [0.25, 0.3) is 0 Å². The zero-order chi connectivity index (χ0) is 15.7. The van der Waals surface area contributed by atoms with Crippen molar-refractivity contribution in [3.63, 3.8) is 0 Å². The molecule has 1 atom stereocenters. The van der Waals surface area contributed by atoms with Crippen molar-refractivity contribution in [2.45, 2.75) is 26.0 Å². The smallest absolute Gasteiger partial charge is 0.255 e. The Balaban J connectivity index is 2.53. The van der Waals surface area contributed by atoms with Gasteiger partial charge >= 0.3 is 0 Å². The van der Waals surface area contributed by atoms with E-state index in [4.69, 9.17) is 4.74 Å². The van der Waals surface area contributed by atoms with Crippen LogP contribution in [-0.4, -0.2) is 42.9 Å². The van der Waals surface area contributed by atoms with Crippen LogP contribution in [-0.2, 0) is 0 Å². The summed E-state index contributed by atoms with van der Waals surface area (Å²) in [5.74, 6) is 0.239. The normalized spacial score (nSPS) is 12.0. The van der Waals surface area contributed by atoms with E-state index in [1.807, 2.05) is 13.8 Å². The molecule has 1 amide bonds. The highest BCUT2D eigenvalue weighted by atomic mass is 16.5. The minimum Gasteiger partial charge on any atom is -0.489 e. The van der Waals surface area contributed by atoms with Gasteiger partial charge in [-0.15, -0.1) is 0 Å². The molecule has 3 N–H and O–H groups in total. The molecular formula is C16H24N2O3. The molecule has 1 aromatic carbocycles. The number of amides is 1. The summed E-state index contributed by atoms with van der Waals surface area (Å²) in [7, 11) is 0. The molecule has 0 saturated heterocycles. The fourth-order valence-electron chi connectivity index (χ4n) is 1.68. The molecule has 0 aliphatic heterocycles. The van der Waals surface area contributed by atoms with Gasteiger partial charge in [-0.05, 0) is 12.1 Å². The van der Waals surface area contributed by atoms with Gasteiger partial charge < -0.3 is 20.5 Å². The third-order valence-corrected chi connectivity index (χ3v) is 2.75. The van der Waals surface area contributed by atoms with E-state index in [0.717, 1.165) is 0 Å². The van der Waals surface area contributed by atoms with Crippen molar-refractivity contribution in [2.75, 3.05) is 19.7 Å². The maximum atomic E-state index is 12.1. The van der Waals surface area contributed by atoms with Crippen molar-refractivity contribution in [1.29, 1.82) is 0 Å². The Labute approximate surface area is 126 Å². The van der Waals surface area contributed by atoms with E-state index >= 15 is 0 Å². The first-order valence-electron chi connectivity index (χ1n) is 7.07.